The molecule has 1 fully saturated rings. The zero-order valence-corrected chi connectivity index (χ0v) is 12.9. The Kier molecular flexibility index (Phi) is 4.64. The Hall–Kier alpha value is -1.86. The standard InChI is InChI=1S/C17H22N2O2/c1-17(2,3)15-6-7-19(12-15)16(21)14-9-13(5-4-8-20)10-18-11-14/h9-11,15,20H,6-8,12H2,1-3H3. The number of hydrogen-bond acceptors (Lipinski definition) is 3. The van der Waals surface area contributed by atoms with Gasteiger partial charge in [0.1, 0.15) is 6.61 Å². The van der Waals surface area contributed by atoms with E-state index in [1.54, 1.807) is 18.5 Å². The van der Waals surface area contributed by atoms with Gasteiger partial charge in [0.05, 0.1) is 5.56 Å². The van der Waals surface area contributed by atoms with Crippen LogP contribution in [0.25, 0.3) is 0 Å². The molecule has 0 radical (unpaired) electrons. The van der Waals surface area contributed by atoms with Gasteiger partial charge in [-0.25, -0.2) is 0 Å². The maximum absolute atomic E-state index is 12.5. The molecule has 1 atom stereocenters. The van der Waals surface area contributed by atoms with Gasteiger partial charge >= 0.3 is 0 Å². The van der Waals surface area contributed by atoms with Gasteiger partial charge in [-0.2, -0.15) is 0 Å². The number of nitrogens with zero attached hydrogens (tertiary/aromatic N) is 2. The molecule has 1 aliphatic rings. The summed E-state index contributed by atoms with van der Waals surface area (Å²) < 4.78 is 0. The van der Waals surface area contributed by atoms with Gasteiger partial charge in [0.2, 0.25) is 0 Å². The predicted octanol–water partition coefficient (Wildman–Crippen LogP) is 1.93. The summed E-state index contributed by atoms with van der Waals surface area (Å²) in [5.74, 6) is 5.90. The third-order valence-electron chi connectivity index (χ3n) is 4.00. The summed E-state index contributed by atoms with van der Waals surface area (Å²) in [6, 6.07) is 1.74. The second-order valence-corrected chi connectivity index (χ2v) is 6.52. The summed E-state index contributed by atoms with van der Waals surface area (Å²) in [5, 5.41) is 8.71. The van der Waals surface area contributed by atoms with Crippen LogP contribution < -0.4 is 0 Å². The largest absolute Gasteiger partial charge is 0.384 e. The fraction of sp³-hybridized carbons (Fsp3) is 0.529. The molecule has 112 valence electrons. The number of pyridine rings is 1. The van der Waals surface area contributed by atoms with Crippen molar-refractivity contribution in [3.05, 3.63) is 29.6 Å². The molecule has 4 nitrogen and oxygen atoms in total. The van der Waals surface area contributed by atoms with E-state index in [2.05, 4.69) is 37.6 Å². The molecule has 1 N–H and O–H groups in total. The topological polar surface area (TPSA) is 53.4 Å². The van der Waals surface area contributed by atoms with E-state index < -0.39 is 0 Å². The van der Waals surface area contributed by atoms with Gasteiger partial charge in [0.15, 0.2) is 0 Å². The molecule has 4 heteroatoms. The fourth-order valence-electron chi connectivity index (χ4n) is 2.60. The van der Waals surface area contributed by atoms with Crippen molar-refractivity contribution in [2.45, 2.75) is 27.2 Å². The molecule has 2 rings (SSSR count). The van der Waals surface area contributed by atoms with Crippen LogP contribution in [0.2, 0.25) is 0 Å². The lowest BCUT2D eigenvalue weighted by Gasteiger charge is -2.27. The molecule has 2 heterocycles. The lowest BCUT2D eigenvalue weighted by Crippen LogP contribution is -2.31. The fourth-order valence-corrected chi connectivity index (χ4v) is 2.60. The first kappa shape index (κ1) is 15.5. The highest BCUT2D eigenvalue weighted by Gasteiger charge is 2.34. The SMILES string of the molecule is CC(C)(C)C1CCN(C(=O)c2cncc(C#CCO)c2)C1. The van der Waals surface area contributed by atoms with E-state index in [9.17, 15) is 4.79 Å². The van der Waals surface area contributed by atoms with Crippen LogP contribution in [0.5, 0.6) is 0 Å². The minimum absolute atomic E-state index is 0.0156. The minimum Gasteiger partial charge on any atom is -0.384 e. The quantitative estimate of drug-likeness (QED) is 0.803. The highest BCUT2D eigenvalue weighted by atomic mass is 16.2. The lowest BCUT2D eigenvalue weighted by atomic mass is 9.80. The lowest BCUT2D eigenvalue weighted by molar-refractivity contribution is 0.0776. The number of aromatic nitrogens is 1. The van der Waals surface area contributed by atoms with E-state index in [0.717, 1.165) is 19.5 Å². The Morgan fingerprint density at radius 2 is 2.24 bits per heavy atom. The van der Waals surface area contributed by atoms with Crippen LogP contribution in [0.1, 0.15) is 43.1 Å². The molecule has 0 bridgehead atoms. The van der Waals surface area contributed by atoms with Gasteiger partial charge in [0.25, 0.3) is 5.91 Å². The number of aliphatic hydroxyl groups is 1. The van der Waals surface area contributed by atoms with Gasteiger partial charge < -0.3 is 10.0 Å². The highest BCUT2D eigenvalue weighted by molar-refractivity contribution is 5.94. The van der Waals surface area contributed by atoms with Gasteiger partial charge in [0, 0.05) is 31.0 Å². The Balaban J connectivity index is 2.11. The van der Waals surface area contributed by atoms with E-state index in [1.807, 2.05) is 4.90 Å². The Labute approximate surface area is 126 Å². The van der Waals surface area contributed by atoms with Crippen molar-refractivity contribution in [3.8, 4) is 11.8 Å². The molecule has 1 saturated heterocycles. The van der Waals surface area contributed by atoms with Crippen LogP contribution in [0.3, 0.4) is 0 Å². The van der Waals surface area contributed by atoms with Crippen molar-refractivity contribution in [3.63, 3.8) is 0 Å². The molecule has 1 amide bonds. The maximum atomic E-state index is 12.5. The number of likely N-dealkylation sites (tertiary alicyclic amines) is 1. The van der Waals surface area contributed by atoms with E-state index in [0.29, 0.717) is 17.0 Å². The molecule has 0 saturated carbocycles. The van der Waals surface area contributed by atoms with E-state index >= 15 is 0 Å². The van der Waals surface area contributed by atoms with E-state index in [4.69, 9.17) is 5.11 Å². The average molecular weight is 286 g/mol. The normalized spacial score (nSPS) is 18.3. The Morgan fingerprint density at radius 1 is 1.48 bits per heavy atom. The molecule has 1 aromatic rings. The van der Waals surface area contributed by atoms with Crippen LogP contribution >= 0.6 is 0 Å². The Bertz CT molecular complexity index is 578. The zero-order chi connectivity index (χ0) is 15.5. The molecule has 21 heavy (non-hydrogen) atoms. The van der Waals surface area contributed by atoms with Crippen molar-refractivity contribution in [1.29, 1.82) is 0 Å². The number of rotatable bonds is 1. The van der Waals surface area contributed by atoms with Crippen LogP contribution in [0.15, 0.2) is 18.5 Å². The first-order chi connectivity index (χ1) is 9.91. The van der Waals surface area contributed by atoms with Crippen LogP contribution in [-0.2, 0) is 0 Å². The smallest absolute Gasteiger partial charge is 0.255 e. The summed E-state index contributed by atoms with van der Waals surface area (Å²) in [5.41, 5.74) is 1.44. The zero-order valence-electron chi connectivity index (χ0n) is 12.9. The monoisotopic (exact) mass is 286 g/mol. The first-order valence-electron chi connectivity index (χ1n) is 7.26. The minimum atomic E-state index is -0.197. The highest BCUT2D eigenvalue weighted by Crippen LogP contribution is 2.34. The third-order valence-corrected chi connectivity index (χ3v) is 4.00. The number of carbonyl (C=O) groups excluding carboxylic acids is 1. The molecule has 1 unspecified atom stereocenters. The van der Waals surface area contributed by atoms with Crippen LogP contribution in [-0.4, -0.2) is 40.6 Å². The number of hydrogen-bond donors (Lipinski definition) is 1. The first-order valence-corrected chi connectivity index (χ1v) is 7.26. The molecular weight excluding hydrogens is 264 g/mol. The van der Waals surface area contributed by atoms with Gasteiger partial charge in [-0.05, 0) is 23.8 Å². The average Bonchev–Trinajstić information content (AvgIpc) is 2.94. The van der Waals surface area contributed by atoms with E-state index in [1.165, 1.54) is 0 Å². The van der Waals surface area contributed by atoms with Gasteiger partial charge in [-0.15, -0.1) is 0 Å². The summed E-state index contributed by atoms with van der Waals surface area (Å²) in [7, 11) is 0. The second-order valence-electron chi connectivity index (χ2n) is 6.52. The number of amides is 1. The van der Waals surface area contributed by atoms with Crippen molar-refractivity contribution in [2.75, 3.05) is 19.7 Å². The van der Waals surface area contributed by atoms with E-state index in [-0.39, 0.29) is 17.9 Å². The molecule has 0 aliphatic carbocycles. The molecule has 1 aromatic heterocycles. The second kappa shape index (κ2) is 6.28. The molecule has 0 spiro atoms. The van der Waals surface area contributed by atoms with Crippen molar-refractivity contribution >= 4 is 5.91 Å². The van der Waals surface area contributed by atoms with Crippen molar-refractivity contribution in [1.82, 2.24) is 9.88 Å². The summed E-state index contributed by atoms with van der Waals surface area (Å²) in [6.07, 6.45) is 4.23. The summed E-state index contributed by atoms with van der Waals surface area (Å²) in [6.45, 7) is 8.06. The van der Waals surface area contributed by atoms with Crippen LogP contribution in [0, 0.1) is 23.2 Å². The molecule has 0 aromatic carbocycles. The van der Waals surface area contributed by atoms with Crippen molar-refractivity contribution < 1.29 is 9.90 Å². The summed E-state index contributed by atoms with van der Waals surface area (Å²) in [4.78, 5) is 18.5. The molecular formula is C17H22N2O2. The van der Waals surface area contributed by atoms with Gasteiger partial charge in [-0.3, -0.25) is 9.78 Å². The number of aliphatic hydroxyl groups excluding tert-OH is 1. The molecule has 1 aliphatic heterocycles. The van der Waals surface area contributed by atoms with Gasteiger partial charge in [-0.1, -0.05) is 32.6 Å². The maximum Gasteiger partial charge on any atom is 0.255 e. The summed E-state index contributed by atoms with van der Waals surface area (Å²) >= 11 is 0. The van der Waals surface area contributed by atoms with Crippen molar-refractivity contribution in [2.24, 2.45) is 11.3 Å². The Morgan fingerprint density at radius 3 is 2.86 bits per heavy atom. The predicted molar refractivity (Wildman–Crippen MR) is 81.7 cm³/mol. The van der Waals surface area contributed by atoms with Crippen LogP contribution in [0.4, 0.5) is 0 Å². The third kappa shape index (κ3) is 3.83. The number of carbonyl (C=O) groups is 1.